The third kappa shape index (κ3) is 4.02. The summed E-state index contributed by atoms with van der Waals surface area (Å²) in [4.78, 5) is 34.5. The first-order valence-corrected chi connectivity index (χ1v) is 12.1. The van der Waals surface area contributed by atoms with E-state index in [1.54, 1.807) is 23.2 Å². The summed E-state index contributed by atoms with van der Waals surface area (Å²) in [5.41, 5.74) is 6.15. The van der Waals surface area contributed by atoms with Crippen LogP contribution in [0.4, 0.5) is 0 Å². The molecule has 2 aromatic carbocycles. The van der Waals surface area contributed by atoms with E-state index in [2.05, 4.69) is 9.97 Å². The van der Waals surface area contributed by atoms with Crippen molar-refractivity contribution < 1.29 is 14.3 Å². The number of hydrogen-bond donors (Lipinski definition) is 0. The largest absolute Gasteiger partial charge is 0.480 e. The number of rotatable bonds is 6. The Hall–Kier alpha value is -3.74. The summed E-state index contributed by atoms with van der Waals surface area (Å²) in [6.45, 7) is 3.19. The van der Waals surface area contributed by atoms with Crippen molar-refractivity contribution in [3.8, 4) is 39.5 Å². The molecule has 1 aliphatic heterocycles. The zero-order valence-corrected chi connectivity index (χ0v) is 21.1. The molecule has 5 rings (SSSR count). The van der Waals surface area contributed by atoms with Gasteiger partial charge in [-0.3, -0.25) is 14.6 Å². The molecule has 0 atom stereocenters. The summed E-state index contributed by atoms with van der Waals surface area (Å²) in [6.07, 6.45) is 2.39. The summed E-state index contributed by atoms with van der Waals surface area (Å²) < 4.78 is 5.25. The van der Waals surface area contributed by atoms with Gasteiger partial charge in [-0.2, -0.15) is 0 Å². The monoisotopic (exact) mass is 517 g/mol. The Kier molecular flexibility index (Phi) is 6.48. The number of nitrogens with zero attached hydrogens (tertiary/aromatic N) is 3. The molecule has 2 aromatic heterocycles. The van der Waals surface area contributed by atoms with Crippen molar-refractivity contribution in [2.45, 2.75) is 13.5 Å². The molecule has 0 unspecified atom stereocenters. The van der Waals surface area contributed by atoms with Crippen molar-refractivity contribution in [2.75, 3.05) is 13.7 Å². The number of methoxy groups -OCH3 is 1. The highest BCUT2D eigenvalue weighted by Crippen LogP contribution is 2.42. The number of carbonyl (C=O) groups excluding carboxylic acids is 2. The highest BCUT2D eigenvalue weighted by Gasteiger charge is 2.27. The van der Waals surface area contributed by atoms with Gasteiger partial charge >= 0.3 is 0 Å². The Bertz CT molecular complexity index is 1520. The maximum Gasteiger partial charge on any atom is 0.254 e. The number of hydrogen-bond acceptors (Lipinski definition) is 5. The van der Waals surface area contributed by atoms with Crippen molar-refractivity contribution in [3.05, 3.63) is 87.5 Å². The predicted octanol–water partition coefficient (Wildman–Crippen LogP) is 6.58. The number of fused-ring (bicyclic) bond motifs is 1. The lowest BCUT2D eigenvalue weighted by molar-refractivity contribution is 0.0787. The summed E-state index contributed by atoms with van der Waals surface area (Å²) in [5, 5.41) is 0.915. The molecule has 36 heavy (non-hydrogen) atoms. The third-order valence-corrected chi connectivity index (χ3v) is 7.09. The number of aromatic nitrogens is 2. The normalized spacial score (nSPS) is 12.6. The van der Waals surface area contributed by atoms with Crippen LogP contribution in [0.5, 0.6) is 5.88 Å². The fourth-order valence-corrected chi connectivity index (χ4v) is 5.08. The van der Waals surface area contributed by atoms with Crippen LogP contribution in [0, 0.1) is 0 Å². The van der Waals surface area contributed by atoms with Crippen molar-refractivity contribution in [3.63, 3.8) is 0 Å². The van der Waals surface area contributed by atoms with Crippen LogP contribution in [0.25, 0.3) is 33.6 Å². The summed E-state index contributed by atoms with van der Waals surface area (Å²) in [7, 11) is 1.46. The zero-order valence-electron chi connectivity index (χ0n) is 19.6. The van der Waals surface area contributed by atoms with Crippen molar-refractivity contribution in [1.82, 2.24) is 14.9 Å². The molecule has 3 heterocycles. The van der Waals surface area contributed by atoms with Gasteiger partial charge in [0, 0.05) is 47.1 Å². The smallest absolute Gasteiger partial charge is 0.254 e. The van der Waals surface area contributed by atoms with Gasteiger partial charge in [0.05, 0.1) is 34.1 Å². The predicted molar refractivity (Wildman–Crippen MR) is 141 cm³/mol. The second-order valence-electron chi connectivity index (χ2n) is 8.29. The molecular formula is C28H21Cl2N3O3. The van der Waals surface area contributed by atoms with Crippen LogP contribution in [0.15, 0.2) is 60.8 Å². The van der Waals surface area contributed by atoms with E-state index in [0.29, 0.717) is 57.5 Å². The van der Waals surface area contributed by atoms with E-state index in [-0.39, 0.29) is 11.8 Å². The molecule has 8 heteroatoms. The second-order valence-corrected chi connectivity index (χ2v) is 9.05. The van der Waals surface area contributed by atoms with Crippen molar-refractivity contribution in [2.24, 2.45) is 0 Å². The Balaban J connectivity index is 1.57. The van der Waals surface area contributed by atoms with Crippen molar-refractivity contribution in [1.29, 1.82) is 0 Å². The molecule has 0 saturated heterocycles. The van der Waals surface area contributed by atoms with E-state index >= 15 is 0 Å². The SMILES string of the molecule is CCN1Cc2cc(-c3nccc(-c4cccc(-c5ccc(C=O)c(OC)n5)c4Cl)c3Cl)ccc2C1=O. The molecule has 4 aromatic rings. The number of halogens is 2. The van der Waals surface area contributed by atoms with E-state index in [1.165, 1.54) is 7.11 Å². The Morgan fingerprint density at radius 3 is 2.53 bits per heavy atom. The van der Waals surface area contributed by atoms with Gasteiger partial charge in [0.2, 0.25) is 5.88 Å². The molecule has 0 fully saturated rings. The average molecular weight is 518 g/mol. The Morgan fingerprint density at radius 1 is 1.00 bits per heavy atom. The van der Waals surface area contributed by atoms with Gasteiger partial charge in [0.25, 0.3) is 5.91 Å². The first-order chi connectivity index (χ1) is 17.5. The van der Waals surface area contributed by atoms with E-state index in [9.17, 15) is 9.59 Å². The highest BCUT2D eigenvalue weighted by molar-refractivity contribution is 6.39. The standard InChI is InChI=1S/C28H21Cl2N3O3/c1-3-33-14-18-13-16(7-9-19(18)28(33)35)26-25(30)21(11-12-31-26)20-5-4-6-22(24(20)29)23-10-8-17(15-34)27(32-23)36-2/h4-13,15H,3,14H2,1-2H3. The Labute approximate surface area is 218 Å². The van der Waals surface area contributed by atoms with Gasteiger partial charge < -0.3 is 9.64 Å². The lowest BCUT2D eigenvalue weighted by Crippen LogP contribution is -2.22. The van der Waals surface area contributed by atoms with Gasteiger partial charge in [-0.15, -0.1) is 0 Å². The van der Waals surface area contributed by atoms with Crippen molar-refractivity contribution >= 4 is 35.4 Å². The van der Waals surface area contributed by atoms with E-state index in [1.807, 2.05) is 49.4 Å². The molecule has 1 amide bonds. The van der Waals surface area contributed by atoms with Crippen LogP contribution < -0.4 is 4.74 Å². The lowest BCUT2D eigenvalue weighted by Gasteiger charge is -2.14. The van der Waals surface area contributed by atoms with E-state index in [4.69, 9.17) is 27.9 Å². The molecule has 0 saturated carbocycles. The average Bonchev–Trinajstić information content (AvgIpc) is 3.23. The fourth-order valence-electron chi connectivity index (χ4n) is 4.43. The molecule has 0 N–H and O–H groups in total. The number of ether oxygens (including phenoxy) is 1. The molecule has 180 valence electrons. The molecule has 0 spiro atoms. The number of amides is 1. The van der Waals surface area contributed by atoms with Crippen LogP contribution in [0.3, 0.4) is 0 Å². The summed E-state index contributed by atoms with van der Waals surface area (Å²) in [6, 6.07) is 16.5. The summed E-state index contributed by atoms with van der Waals surface area (Å²) in [5.74, 6) is 0.270. The fraction of sp³-hybridized carbons (Fsp3) is 0.143. The molecule has 0 bridgehead atoms. The quantitative estimate of drug-likeness (QED) is 0.270. The zero-order chi connectivity index (χ0) is 25.4. The maximum absolute atomic E-state index is 12.5. The minimum absolute atomic E-state index is 0.0434. The number of benzene rings is 2. The number of pyridine rings is 2. The Morgan fingerprint density at radius 2 is 1.78 bits per heavy atom. The third-order valence-electron chi connectivity index (χ3n) is 6.30. The molecular weight excluding hydrogens is 497 g/mol. The molecule has 6 nitrogen and oxygen atoms in total. The minimum Gasteiger partial charge on any atom is -0.480 e. The molecule has 0 aliphatic carbocycles. The molecule has 1 aliphatic rings. The first kappa shape index (κ1) is 24.0. The maximum atomic E-state index is 12.5. The van der Waals surface area contributed by atoms with Gasteiger partial charge in [0.15, 0.2) is 6.29 Å². The van der Waals surface area contributed by atoms with E-state index < -0.39 is 0 Å². The first-order valence-electron chi connectivity index (χ1n) is 11.3. The number of carbonyl (C=O) groups is 2. The number of aldehydes is 1. The van der Waals surface area contributed by atoms with Gasteiger partial charge in [-0.25, -0.2) is 4.98 Å². The van der Waals surface area contributed by atoms with E-state index in [0.717, 1.165) is 22.3 Å². The van der Waals surface area contributed by atoms with Crippen LogP contribution in [-0.2, 0) is 6.54 Å². The van der Waals surface area contributed by atoms with Crippen LogP contribution >= 0.6 is 23.2 Å². The topological polar surface area (TPSA) is 72.4 Å². The van der Waals surface area contributed by atoms with Crippen LogP contribution in [0.2, 0.25) is 10.0 Å². The second kappa shape index (κ2) is 9.72. The highest BCUT2D eigenvalue weighted by atomic mass is 35.5. The van der Waals surface area contributed by atoms with Crippen LogP contribution in [-0.4, -0.2) is 40.7 Å². The summed E-state index contributed by atoms with van der Waals surface area (Å²) >= 11 is 13.8. The van der Waals surface area contributed by atoms with Gasteiger partial charge in [0.1, 0.15) is 0 Å². The van der Waals surface area contributed by atoms with Gasteiger partial charge in [-0.1, -0.05) is 47.5 Å². The van der Waals surface area contributed by atoms with Crippen LogP contribution in [0.1, 0.15) is 33.2 Å². The van der Waals surface area contributed by atoms with Gasteiger partial charge in [-0.05, 0) is 42.8 Å². The minimum atomic E-state index is 0.0434. The lowest BCUT2D eigenvalue weighted by atomic mass is 9.98. The molecule has 0 radical (unpaired) electrons.